The first kappa shape index (κ1) is 18.8. The second-order valence-corrected chi connectivity index (χ2v) is 7.74. The molecule has 0 aliphatic heterocycles. The molecule has 5 nitrogen and oxygen atoms in total. The van der Waals surface area contributed by atoms with Crippen LogP contribution in [0.5, 0.6) is 0 Å². The summed E-state index contributed by atoms with van der Waals surface area (Å²) in [5, 5.41) is 7.12. The van der Waals surface area contributed by atoms with Gasteiger partial charge in [0.2, 0.25) is 0 Å². The van der Waals surface area contributed by atoms with Gasteiger partial charge in [0, 0.05) is 30.9 Å². The third kappa shape index (κ3) is 8.89. The minimum absolute atomic E-state index is 0.167. The quantitative estimate of drug-likeness (QED) is 0.428. The topological polar surface area (TPSA) is 70.6 Å². The molecule has 124 valence electrons. The zero-order valence-electron chi connectivity index (χ0n) is 13.1. The summed E-state index contributed by atoms with van der Waals surface area (Å²) in [5.74, 6) is 0.880. The fourth-order valence-electron chi connectivity index (χ4n) is 1.84. The Hall–Kier alpha value is -1.27. The van der Waals surface area contributed by atoms with Crippen molar-refractivity contribution in [3.8, 4) is 0 Å². The van der Waals surface area contributed by atoms with Crippen molar-refractivity contribution in [2.45, 2.75) is 19.8 Å². The van der Waals surface area contributed by atoms with Crippen LogP contribution in [0.4, 0.5) is 0 Å². The minimum atomic E-state index is -2.91. The predicted molar refractivity (Wildman–Crippen MR) is 93.5 cm³/mol. The average Bonchev–Trinajstić information content (AvgIpc) is 2.44. The van der Waals surface area contributed by atoms with Crippen LogP contribution >= 0.6 is 11.6 Å². The lowest BCUT2D eigenvalue weighted by molar-refractivity contribution is 0.599. The van der Waals surface area contributed by atoms with E-state index in [0.29, 0.717) is 18.9 Å². The van der Waals surface area contributed by atoms with Crippen LogP contribution in [0.25, 0.3) is 0 Å². The van der Waals surface area contributed by atoms with Gasteiger partial charge in [0.1, 0.15) is 9.84 Å². The van der Waals surface area contributed by atoms with Crippen LogP contribution in [0.2, 0.25) is 5.02 Å². The van der Waals surface area contributed by atoms with Gasteiger partial charge in [-0.25, -0.2) is 8.42 Å². The molecule has 0 aromatic heterocycles. The molecule has 0 fully saturated rings. The Kier molecular flexibility index (Phi) is 8.27. The van der Waals surface area contributed by atoms with Crippen LogP contribution in [0.15, 0.2) is 29.3 Å². The second-order valence-electron chi connectivity index (χ2n) is 5.05. The number of sulfone groups is 1. The van der Waals surface area contributed by atoms with Gasteiger partial charge in [0.25, 0.3) is 0 Å². The molecule has 0 radical (unpaired) electrons. The summed E-state index contributed by atoms with van der Waals surface area (Å²) in [6.45, 7) is 3.99. The first-order valence-electron chi connectivity index (χ1n) is 7.35. The van der Waals surface area contributed by atoms with Crippen LogP contribution in [0.1, 0.15) is 18.9 Å². The summed E-state index contributed by atoms with van der Waals surface area (Å²) >= 11 is 5.85. The van der Waals surface area contributed by atoms with E-state index in [1.54, 1.807) is 0 Å². The van der Waals surface area contributed by atoms with Crippen molar-refractivity contribution in [1.29, 1.82) is 0 Å². The molecule has 0 saturated carbocycles. The summed E-state index contributed by atoms with van der Waals surface area (Å²) in [6.07, 6.45) is 2.64. The maximum Gasteiger partial charge on any atom is 0.191 e. The highest BCUT2D eigenvalue weighted by Crippen LogP contribution is 2.09. The third-order valence-corrected chi connectivity index (χ3v) is 4.19. The van der Waals surface area contributed by atoms with Crippen LogP contribution in [-0.4, -0.2) is 46.0 Å². The van der Waals surface area contributed by atoms with E-state index in [-0.39, 0.29) is 5.75 Å². The number of aliphatic imine (C=N–C) groups is 1. The van der Waals surface area contributed by atoms with E-state index in [1.807, 2.05) is 31.2 Å². The van der Waals surface area contributed by atoms with E-state index in [2.05, 4.69) is 15.6 Å². The van der Waals surface area contributed by atoms with E-state index in [9.17, 15) is 8.42 Å². The highest BCUT2D eigenvalue weighted by atomic mass is 35.5. The maximum absolute atomic E-state index is 11.1. The van der Waals surface area contributed by atoms with Gasteiger partial charge in [-0.15, -0.1) is 0 Å². The SMILES string of the molecule is CCNC(=NCCCS(C)(=O)=O)NCCc1ccc(Cl)cc1. The van der Waals surface area contributed by atoms with Gasteiger partial charge in [0.05, 0.1) is 5.75 Å². The Morgan fingerprint density at radius 1 is 1.23 bits per heavy atom. The molecule has 2 N–H and O–H groups in total. The molecule has 1 aromatic carbocycles. The minimum Gasteiger partial charge on any atom is -0.357 e. The van der Waals surface area contributed by atoms with Crippen LogP contribution in [0, 0.1) is 0 Å². The number of hydrogen-bond donors (Lipinski definition) is 2. The Balaban J connectivity index is 2.38. The first-order valence-corrected chi connectivity index (χ1v) is 9.79. The molecule has 0 saturated heterocycles. The lowest BCUT2D eigenvalue weighted by Gasteiger charge is -2.11. The van der Waals surface area contributed by atoms with Gasteiger partial charge < -0.3 is 10.6 Å². The average molecular weight is 346 g/mol. The summed E-state index contributed by atoms with van der Waals surface area (Å²) in [4.78, 5) is 4.37. The number of halogens is 1. The molecule has 1 aromatic rings. The van der Waals surface area contributed by atoms with Gasteiger partial charge in [-0.05, 0) is 37.5 Å². The zero-order valence-corrected chi connectivity index (χ0v) is 14.7. The molecule has 7 heteroatoms. The lowest BCUT2D eigenvalue weighted by Crippen LogP contribution is -2.38. The second kappa shape index (κ2) is 9.69. The number of nitrogens with zero attached hydrogens (tertiary/aromatic N) is 1. The van der Waals surface area contributed by atoms with E-state index in [1.165, 1.54) is 11.8 Å². The van der Waals surface area contributed by atoms with E-state index in [4.69, 9.17) is 11.6 Å². The monoisotopic (exact) mass is 345 g/mol. The van der Waals surface area contributed by atoms with Crippen molar-refractivity contribution in [2.24, 2.45) is 4.99 Å². The molecule has 0 aliphatic carbocycles. The van der Waals surface area contributed by atoms with Crippen molar-refractivity contribution >= 4 is 27.4 Å². The fraction of sp³-hybridized carbons (Fsp3) is 0.533. The largest absolute Gasteiger partial charge is 0.357 e. The predicted octanol–water partition coefficient (Wildman–Crippen LogP) is 1.87. The standard InChI is InChI=1S/C15H24ClN3O2S/c1-3-17-15(18-10-4-12-22(2,20)21)19-11-9-13-5-7-14(16)8-6-13/h5-8H,3-4,9-12H2,1-2H3,(H2,17,18,19). The number of nitrogens with one attached hydrogen (secondary N) is 2. The number of rotatable bonds is 8. The molecule has 0 atom stereocenters. The van der Waals surface area contributed by atoms with Crippen LogP contribution in [-0.2, 0) is 16.3 Å². The molecule has 0 amide bonds. The lowest BCUT2D eigenvalue weighted by atomic mass is 10.1. The van der Waals surface area contributed by atoms with Gasteiger partial charge in [-0.1, -0.05) is 23.7 Å². The fourth-order valence-corrected chi connectivity index (χ4v) is 2.62. The summed E-state index contributed by atoms with van der Waals surface area (Å²) in [6, 6.07) is 7.75. The summed E-state index contributed by atoms with van der Waals surface area (Å²) < 4.78 is 22.1. The highest BCUT2D eigenvalue weighted by molar-refractivity contribution is 7.90. The third-order valence-electron chi connectivity index (χ3n) is 2.91. The van der Waals surface area contributed by atoms with Crippen molar-refractivity contribution in [3.05, 3.63) is 34.9 Å². The Morgan fingerprint density at radius 3 is 2.50 bits per heavy atom. The molecular formula is C15H24ClN3O2S. The van der Waals surface area contributed by atoms with Crippen molar-refractivity contribution in [2.75, 3.05) is 31.6 Å². The highest BCUT2D eigenvalue weighted by Gasteiger charge is 2.02. The van der Waals surface area contributed by atoms with E-state index < -0.39 is 9.84 Å². The van der Waals surface area contributed by atoms with E-state index >= 15 is 0 Å². The molecule has 0 unspecified atom stereocenters. The first-order chi connectivity index (χ1) is 10.4. The Bertz CT molecular complexity index is 571. The number of hydrogen-bond acceptors (Lipinski definition) is 3. The molecule has 0 spiro atoms. The Labute approximate surface area is 138 Å². The molecular weight excluding hydrogens is 322 g/mol. The Morgan fingerprint density at radius 2 is 1.91 bits per heavy atom. The zero-order chi connectivity index (χ0) is 16.4. The molecule has 0 heterocycles. The normalized spacial score (nSPS) is 12.2. The smallest absolute Gasteiger partial charge is 0.191 e. The number of guanidine groups is 1. The molecule has 0 bridgehead atoms. The van der Waals surface area contributed by atoms with Crippen LogP contribution in [0.3, 0.4) is 0 Å². The maximum atomic E-state index is 11.1. The number of benzene rings is 1. The molecule has 22 heavy (non-hydrogen) atoms. The summed E-state index contributed by atoms with van der Waals surface area (Å²) in [7, 11) is -2.91. The van der Waals surface area contributed by atoms with Gasteiger partial charge in [-0.2, -0.15) is 0 Å². The molecule has 1 rings (SSSR count). The van der Waals surface area contributed by atoms with Crippen molar-refractivity contribution < 1.29 is 8.42 Å². The van der Waals surface area contributed by atoms with Gasteiger partial charge >= 0.3 is 0 Å². The van der Waals surface area contributed by atoms with E-state index in [0.717, 1.165) is 24.5 Å². The van der Waals surface area contributed by atoms with Crippen molar-refractivity contribution in [3.63, 3.8) is 0 Å². The van der Waals surface area contributed by atoms with Gasteiger partial charge in [-0.3, -0.25) is 4.99 Å². The van der Waals surface area contributed by atoms with Crippen LogP contribution < -0.4 is 10.6 Å². The molecule has 0 aliphatic rings. The summed E-state index contributed by atoms with van der Waals surface area (Å²) in [5.41, 5.74) is 1.20. The van der Waals surface area contributed by atoms with Gasteiger partial charge in [0.15, 0.2) is 5.96 Å². The van der Waals surface area contributed by atoms with Crippen molar-refractivity contribution in [1.82, 2.24) is 10.6 Å².